The van der Waals surface area contributed by atoms with E-state index in [1.54, 1.807) is 6.20 Å². The van der Waals surface area contributed by atoms with Gasteiger partial charge in [-0.2, -0.15) is 5.10 Å². The van der Waals surface area contributed by atoms with Gasteiger partial charge in [0.25, 0.3) is 0 Å². The first-order chi connectivity index (χ1) is 10.6. The lowest BCUT2D eigenvalue weighted by atomic mass is 10.2. The summed E-state index contributed by atoms with van der Waals surface area (Å²) in [4.78, 5) is 22.3. The van der Waals surface area contributed by atoms with Crippen LogP contribution in [0.3, 0.4) is 0 Å². The van der Waals surface area contributed by atoms with Crippen LogP contribution in [0.2, 0.25) is 0 Å². The molecule has 0 fully saturated rings. The first-order valence-corrected chi connectivity index (χ1v) is 6.83. The fourth-order valence-electron chi connectivity index (χ4n) is 1.84. The maximum atomic E-state index is 11.5. The third kappa shape index (κ3) is 4.16. The van der Waals surface area contributed by atoms with Crippen LogP contribution in [0.15, 0.2) is 36.5 Å². The molecule has 0 atom stereocenters. The van der Waals surface area contributed by atoms with Crippen molar-refractivity contribution in [3.05, 3.63) is 47.8 Å². The second kappa shape index (κ2) is 7.37. The summed E-state index contributed by atoms with van der Waals surface area (Å²) < 4.78 is 6.50. The number of hydrogen-bond acceptors (Lipinski definition) is 4. The highest BCUT2D eigenvalue weighted by molar-refractivity contribution is 5.85. The van der Waals surface area contributed by atoms with Gasteiger partial charge in [0.15, 0.2) is 5.69 Å². The van der Waals surface area contributed by atoms with Crippen LogP contribution in [0.5, 0.6) is 0 Å². The van der Waals surface area contributed by atoms with E-state index in [1.807, 2.05) is 31.2 Å². The Morgan fingerprint density at radius 3 is 2.86 bits per heavy atom. The molecule has 1 amide bonds. The highest BCUT2D eigenvalue weighted by Crippen LogP contribution is 2.10. The summed E-state index contributed by atoms with van der Waals surface area (Å²) in [6.45, 7) is 2.73. The van der Waals surface area contributed by atoms with Crippen molar-refractivity contribution < 1.29 is 19.4 Å². The minimum atomic E-state index is -1.07. The Hall–Kier alpha value is -2.67. The molecule has 0 radical (unpaired) electrons. The van der Waals surface area contributed by atoms with Crippen LogP contribution < -0.4 is 5.32 Å². The molecule has 0 saturated carbocycles. The number of carboxylic acids is 1. The van der Waals surface area contributed by atoms with Gasteiger partial charge in [-0.15, -0.1) is 0 Å². The second-order valence-electron chi connectivity index (χ2n) is 4.53. The Balaban J connectivity index is 2.03. The molecule has 1 aromatic heterocycles. The molecule has 1 heterocycles. The van der Waals surface area contributed by atoms with Gasteiger partial charge in [0, 0.05) is 19.3 Å². The molecule has 0 saturated heterocycles. The number of nitrogens with zero attached hydrogens (tertiary/aromatic N) is 2. The maximum Gasteiger partial charge on any atom is 0.356 e. The van der Waals surface area contributed by atoms with Gasteiger partial charge in [-0.05, 0) is 30.7 Å². The van der Waals surface area contributed by atoms with Gasteiger partial charge in [0.05, 0.1) is 5.69 Å². The summed E-state index contributed by atoms with van der Waals surface area (Å²) in [5.41, 5.74) is 1.59. The molecule has 2 aromatic rings. The van der Waals surface area contributed by atoms with E-state index in [1.165, 1.54) is 10.7 Å². The number of carbonyl (C=O) groups is 2. The summed E-state index contributed by atoms with van der Waals surface area (Å²) in [6, 6.07) is 8.76. The third-order valence-corrected chi connectivity index (χ3v) is 2.91. The van der Waals surface area contributed by atoms with Crippen molar-refractivity contribution >= 4 is 11.9 Å². The fraction of sp³-hybridized carbons (Fsp3) is 0.267. The van der Waals surface area contributed by atoms with Crippen LogP contribution in [0.1, 0.15) is 23.0 Å². The number of amides is 1. The lowest BCUT2D eigenvalue weighted by molar-refractivity contribution is -0.125. The normalized spacial score (nSPS) is 10.4. The lowest BCUT2D eigenvalue weighted by Crippen LogP contribution is -2.27. The summed E-state index contributed by atoms with van der Waals surface area (Å²) >= 11 is 0. The molecule has 7 heteroatoms. The molecule has 0 unspecified atom stereocenters. The number of rotatable bonds is 7. The predicted molar refractivity (Wildman–Crippen MR) is 78.9 cm³/mol. The molecule has 2 N–H and O–H groups in total. The van der Waals surface area contributed by atoms with Gasteiger partial charge in [0.2, 0.25) is 5.91 Å². The third-order valence-electron chi connectivity index (χ3n) is 2.91. The maximum absolute atomic E-state index is 11.5. The number of benzene rings is 1. The Bertz CT molecular complexity index is 666. The van der Waals surface area contributed by atoms with Gasteiger partial charge >= 0.3 is 5.97 Å². The van der Waals surface area contributed by atoms with Crippen molar-refractivity contribution in [2.24, 2.45) is 0 Å². The average molecular weight is 303 g/mol. The quantitative estimate of drug-likeness (QED) is 0.802. The highest BCUT2D eigenvalue weighted by Gasteiger charge is 2.08. The van der Waals surface area contributed by atoms with E-state index in [-0.39, 0.29) is 18.2 Å². The number of carboxylic acid groups (broad SMARTS) is 1. The van der Waals surface area contributed by atoms with Crippen LogP contribution >= 0.6 is 0 Å². The molecule has 0 aliphatic carbocycles. The molecular weight excluding hydrogens is 286 g/mol. The van der Waals surface area contributed by atoms with Gasteiger partial charge in [-0.3, -0.25) is 4.79 Å². The smallest absolute Gasteiger partial charge is 0.356 e. The van der Waals surface area contributed by atoms with Crippen molar-refractivity contribution in [1.29, 1.82) is 0 Å². The Kier molecular flexibility index (Phi) is 5.26. The van der Waals surface area contributed by atoms with E-state index in [9.17, 15) is 9.59 Å². The van der Waals surface area contributed by atoms with Crippen LogP contribution in [-0.4, -0.2) is 40.0 Å². The first kappa shape index (κ1) is 15.7. The minimum absolute atomic E-state index is 0.0181. The molecule has 0 bridgehead atoms. The van der Waals surface area contributed by atoms with E-state index in [0.29, 0.717) is 13.2 Å². The van der Waals surface area contributed by atoms with E-state index >= 15 is 0 Å². The predicted octanol–water partition coefficient (Wildman–Crippen LogP) is 1.22. The Labute approximate surface area is 127 Å². The zero-order valence-electron chi connectivity index (χ0n) is 12.2. The van der Waals surface area contributed by atoms with E-state index < -0.39 is 5.97 Å². The zero-order valence-corrected chi connectivity index (χ0v) is 12.2. The van der Waals surface area contributed by atoms with Crippen molar-refractivity contribution in [3.63, 3.8) is 0 Å². The molecule has 1 aromatic carbocycles. The molecule has 7 nitrogen and oxygen atoms in total. The highest BCUT2D eigenvalue weighted by atomic mass is 16.5. The van der Waals surface area contributed by atoms with Crippen LogP contribution in [-0.2, 0) is 16.1 Å². The number of aromatic nitrogens is 2. The van der Waals surface area contributed by atoms with Crippen molar-refractivity contribution in [2.45, 2.75) is 13.5 Å². The topological polar surface area (TPSA) is 93.5 Å². The molecule has 2 rings (SSSR count). The largest absolute Gasteiger partial charge is 0.476 e. The molecule has 0 spiro atoms. The zero-order chi connectivity index (χ0) is 15.9. The first-order valence-electron chi connectivity index (χ1n) is 6.83. The van der Waals surface area contributed by atoms with Crippen molar-refractivity contribution in [3.8, 4) is 5.69 Å². The molecule has 0 aliphatic heterocycles. The SMILES string of the molecule is CCOCC(=O)NCc1cccc(-n2ccc(C(=O)O)n2)c1. The Morgan fingerprint density at radius 2 is 2.18 bits per heavy atom. The van der Waals surface area contributed by atoms with Gasteiger partial charge in [-0.1, -0.05) is 12.1 Å². The number of nitrogens with one attached hydrogen (secondary N) is 1. The fourth-order valence-corrected chi connectivity index (χ4v) is 1.84. The number of ether oxygens (including phenoxy) is 1. The summed E-state index contributed by atoms with van der Waals surface area (Å²) in [7, 11) is 0. The van der Waals surface area contributed by atoms with Crippen molar-refractivity contribution in [1.82, 2.24) is 15.1 Å². The van der Waals surface area contributed by atoms with Crippen LogP contribution in [0.25, 0.3) is 5.69 Å². The minimum Gasteiger partial charge on any atom is -0.476 e. The molecule has 0 aliphatic rings. The summed E-state index contributed by atoms with van der Waals surface area (Å²) in [6.07, 6.45) is 1.58. The number of hydrogen-bond donors (Lipinski definition) is 2. The number of aromatic carboxylic acids is 1. The summed E-state index contributed by atoms with van der Waals surface area (Å²) in [5.74, 6) is -1.25. The monoisotopic (exact) mass is 303 g/mol. The van der Waals surface area contributed by atoms with Gasteiger partial charge in [-0.25, -0.2) is 9.48 Å². The average Bonchev–Trinajstić information content (AvgIpc) is 3.01. The second-order valence-corrected chi connectivity index (χ2v) is 4.53. The summed E-state index contributed by atoms with van der Waals surface area (Å²) in [5, 5.41) is 15.6. The van der Waals surface area contributed by atoms with E-state index in [4.69, 9.17) is 9.84 Å². The van der Waals surface area contributed by atoms with E-state index in [2.05, 4.69) is 10.4 Å². The van der Waals surface area contributed by atoms with Gasteiger partial charge in [0.1, 0.15) is 6.61 Å². The molecular formula is C15H17N3O4. The van der Waals surface area contributed by atoms with Crippen molar-refractivity contribution in [2.75, 3.05) is 13.2 Å². The Morgan fingerprint density at radius 1 is 1.36 bits per heavy atom. The number of carbonyl (C=O) groups excluding carboxylic acids is 1. The van der Waals surface area contributed by atoms with Crippen LogP contribution in [0, 0.1) is 0 Å². The van der Waals surface area contributed by atoms with E-state index in [0.717, 1.165) is 11.3 Å². The van der Waals surface area contributed by atoms with Gasteiger partial charge < -0.3 is 15.2 Å². The van der Waals surface area contributed by atoms with Crippen LogP contribution in [0.4, 0.5) is 0 Å². The molecule has 22 heavy (non-hydrogen) atoms. The standard InChI is InChI=1S/C15H17N3O4/c1-2-22-10-14(19)16-9-11-4-3-5-12(8-11)18-7-6-13(17-18)15(20)21/h3-8H,2,9-10H2,1H3,(H,16,19)(H,20,21). The lowest BCUT2D eigenvalue weighted by Gasteiger charge is -2.07. The molecule has 116 valence electrons.